The Morgan fingerprint density at radius 3 is 1.62 bits per heavy atom. The van der Waals surface area contributed by atoms with E-state index in [2.05, 4.69) is 5.32 Å². The molecular weight excluding hydrogens is 318 g/mol. The number of carbonyl (C=O) groups is 2. The lowest BCUT2D eigenvalue weighted by Crippen LogP contribution is -2.27. The molecule has 0 saturated heterocycles. The van der Waals surface area contributed by atoms with E-state index in [1.54, 1.807) is 7.11 Å². The van der Waals surface area contributed by atoms with E-state index in [9.17, 15) is 9.59 Å². The van der Waals surface area contributed by atoms with E-state index in [-0.39, 0.29) is 24.5 Å². The number of carbonyl (C=O) groups excluding carboxylic acids is 2. The molecule has 0 aromatic heterocycles. The topological polar surface area (TPSA) is 92.3 Å². The van der Waals surface area contributed by atoms with Gasteiger partial charge in [0.15, 0.2) is 0 Å². The van der Waals surface area contributed by atoms with Crippen LogP contribution in [0.4, 0.5) is 0 Å². The minimum Gasteiger partial charge on any atom is -0.382 e. The van der Waals surface area contributed by atoms with Crippen LogP contribution in [0, 0.1) is 0 Å². The monoisotopic (exact) mass is 349 g/mol. The molecule has 1 amide bonds. The van der Waals surface area contributed by atoms with Crippen LogP contribution in [0.2, 0.25) is 0 Å². The average Bonchev–Trinajstić information content (AvgIpc) is 2.56. The van der Waals surface area contributed by atoms with Gasteiger partial charge in [-0.15, -0.1) is 0 Å². The van der Waals surface area contributed by atoms with Crippen LogP contribution in [0.1, 0.15) is 19.8 Å². The lowest BCUT2D eigenvalue weighted by atomic mass is 10.2. The zero-order chi connectivity index (χ0) is 17.9. The SMILES string of the molecule is COCCOCCOCCOCCOCCNC(=O)CCC(C)=O. The van der Waals surface area contributed by atoms with Gasteiger partial charge >= 0.3 is 0 Å². The van der Waals surface area contributed by atoms with Crippen LogP contribution in [0.5, 0.6) is 0 Å². The Morgan fingerprint density at radius 2 is 1.17 bits per heavy atom. The molecule has 0 spiro atoms. The number of rotatable bonds is 18. The molecule has 0 aromatic rings. The van der Waals surface area contributed by atoms with Crippen molar-refractivity contribution in [1.82, 2.24) is 5.32 Å². The number of hydrogen-bond acceptors (Lipinski definition) is 7. The first-order valence-corrected chi connectivity index (χ1v) is 8.23. The second-order valence-corrected chi connectivity index (χ2v) is 4.99. The molecule has 24 heavy (non-hydrogen) atoms. The normalized spacial score (nSPS) is 10.8. The highest BCUT2D eigenvalue weighted by Gasteiger charge is 2.02. The molecule has 0 aromatic carbocycles. The molecule has 1 N–H and O–H groups in total. The largest absolute Gasteiger partial charge is 0.382 e. The highest BCUT2D eigenvalue weighted by atomic mass is 16.6. The van der Waals surface area contributed by atoms with E-state index in [0.29, 0.717) is 66.0 Å². The van der Waals surface area contributed by atoms with Crippen LogP contribution in [-0.4, -0.2) is 84.8 Å². The molecule has 8 nitrogen and oxygen atoms in total. The van der Waals surface area contributed by atoms with Crippen molar-refractivity contribution >= 4 is 11.7 Å². The molecule has 0 saturated carbocycles. The number of Topliss-reactive ketones (excluding diaryl/α,β-unsaturated/α-hetero) is 1. The number of ketones is 1. The third-order valence-corrected chi connectivity index (χ3v) is 2.82. The molecule has 0 radical (unpaired) electrons. The maximum Gasteiger partial charge on any atom is 0.220 e. The van der Waals surface area contributed by atoms with E-state index in [1.807, 2.05) is 0 Å². The summed E-state index contributed by atoms with van der Waals surface area (Å²) in [6.07, 6.45) is 0.512. The van der Waals surface area contributed by atoms with Gasteiger partial charge in [-0.3, -0.25) is 4.79 Å². The summed E-state index contributed by atoms with van der Waals surface area (Å²) in [5.74, 6) is -0.116. The number of nitrogens with one attached hydrogen (secondary N) is 1. The van der Waals surface area contributed by atoms with Gasteiger partial charge in [-0.05, 0) is 6.92 Å². The van der Waals surface area contributed by atoms with Crippen molar-refractivity contribution < 1.29 is 33.3 Å². The third-order valence-electron chi connectivity index (χ3n) is 2.82. The summed E-state index contributed by atoms with van der Waals surface area (Å²) in [5.41, 5.74) is 0. The number of amides is 1. The van der Waals surface area contributed by atoms with Crippen molar-refractivity contribution in [1.29, 1.82) is 0 Å². The number of ether oxygens (including phenoxy) is 5. The Labute approximate surface area is 144 Å². The lowest BCUT2D eigenvalue weighted by molar-refractivity contribution is -0.124. The fourth-order valence-corrected chi connectivity index (χ4v) is 1.54. The Kier molecular flexibility index (Phi) is 17.5. The van der Waals surface area contributed by atoms with Crippen LogP contribution < -0.4 is 5.32 Å². The van der Waals surface area contributed by atoms with Gasteiger partial charge in [-0.1, -0.05) is 0 Å². The molecule has 142 valence electrons. The predicted octanol–water partition coefficient (Wildman–Crippen LogP) is 0.185. The zero-order valence-electron chi connectivity index (χ0n) is 14.8. The van der Waals surface area contributed by atoms with Crippen LogP contribution in [0.3, 0.4) is 0 Å². The van der Waals surface area contributed by atoms with Gasteiger partial charge in [-0.25, -0.2) is 0 Å². The van der Waals surface area contributed by atoms with Crippen molar-refractivity contribution in [2.45, 2.75) is 19.8 Å². The van der Waals surface area contributed by atoms with Crippen LogP contribution in [0.15, 0.2) is 0 Å². The van der Waals surface area contributed by atoms with Crippen molar-refractivity contribution in [2.75, 3.05) is 73.1 Å². The third kappa shape index (κ3) is 19.0. The van der Waals surface area contributed by atoms with E-state index in [1.165, 1.54) is 6.92 Å². The predicted molar refractivity (Wildman–Crippen MR) is 88.1 cm³/mol. The molecule has 0 atom stereocenters. The molecule has 0 fully saturated rings. The van der Waals surface area contributed by atoms with Gasteiger partial charge < -0.3 is 33.8 Å². The summed E-state index contributed by atoms with van der Waals surface area (Å²) >= 11 is 0. The summed E-state index contributed by atoms with van der Waals surface area (Å²) in [6.45, 7) is 6.53. The first kappa shape index (κ1) is 22.9. The molecular formula is C16H31NO7. The van der Waals surface area contributed by atoms with Crippen molar-refractivity contribution in [3.05, 3.63) is 0 Å². The Morgan fingerprint density at radius 1 is 0.708 bits per heavy atom. The average molecular weight is 349 g/mol. The maximum absolute atomic E-state index is 11.3. The minimum atomic E-state index is -0.131. The quantitative estimate of drug-likeness (QED) is 0.353. The number of hydrogen-bond donors (Lipinski definition) is 1. The first-order valence-electron chi connectivity index (χ1n) is 8.23. The van der Waals surface area contributed by atoms with Crippen LogP contribution >= 0.6 is 0 Å². The number of methoxy groups -OCH3 is 1. The summed E-state index contributed by atoms with van der Waals surface area (Å²) < 4.78 is 26.1. The fourth-order valence-electron chi connectivity index (χ4n) is 1.54. The second kappa shape index (κ2) is 18.3. The fraction of sp³-hybridized carbons (Fsp3) is 0.875. The van der Waals surface area contributed by atoms with Gasteiger partial charge in [0.1, 0.15) is 5.78 Å². The molecule has 0 aliphatic carbocycles. The van der Waals surface area contributed by atoms with Crippen molar-refractivity contribution in [2.24, 2.45) is 0 Å². The van der Waals surface area contributed by atoms with E-state index < -0.39 is 0 Å². The standard InChI is InChI=1S/C16H31NO7/c1-15(18)3-4-16(19)17-5-6-21-9-10-23-13-14-24-12-11-22-8-7-20-2/h3-14H2,1-2H3,(H,17,19). The van der Waals surface area contributed by atoms with E-state index in [0.717, 1.165) is 0 Å². The van der Waals surface area contributed by atoms with E-state index >= 15 is 0 Å². The summed E-state index contributed by atoms with van der Waals surface area (Å²) in [6, 6.07) is 0. The molecule has 8 heteroatoms. The second-order valence-electron chi connectivity index (χ2n) is 4.99. The van der Waals surface area contributed by atoms with Gasteiger partial charge in [0.05, 0.1) is 59.5 Å². The molecule has 0 aliphatic rings. The highest BCUT2D eigenvalue weighted by molar-refractivity contribution is 5.83. The summed E-state index contributed by atoms with van der Waals surface area (Å²) in [7, 11) is 1.63. The minimum absolute atomic E-state index is 0.0150. The molecule has 0 heterocycles. The Bertz CT molecular complexity index is 313. The Hall–Kier alpha value is -1.06. The molecule has 0 rings (SSSR count). The smallest absolute Gasteiger partial charge is 0.220 e. The van der Waals surface area contributed by atoms with Gasteiger partial charge in [0, 0.05) is 26.5 Å². The zero-order valence-corrected chi connectivity index (χ0v) is 14.8. The summed E-state index contributed by atoms with van der Waals surface area (Å²) in [4.78, 5) is 22.0. The molecule has 0 unspecified atom stereocenters. The molecule has 0 aliphatic heterocycles. The summed E-state index contributed by atoms with van der Waals surface area (Å²) in [5, 5.41) is 2.68. The highest BCUT2D eigenvalue weighted by Crippen LogP contribution is 1.89. The first-order chi connectivity index (χ1) is 11.7. The van der Waals surface area contributed by atoms with Gasteiger partial charge in [0.2, 0.25) is 5.91 Å². The van der Waals surface area contributed by atoms with E-state index in [4.69, 9.17) is 23.7 Å². The van der Waals surface area contributed by atoms with Crippen molar-refractivity contribution in [3.8, 4) is 0 Å². The Balaban J connectivity index is 3.10. The lowest BCUT2D eigenvalue weighted by Gasteiger charge is -2.08. The molecule has 0 bridgehead atoms. The maximum atomic E-state index is 11.3. The van der Waals surface area contributed by atoms with Crippen LogP contribution in [0.25, 0.3) is 0 Å². The van der Waals surface area contributed by atoms with Crippen molar-refractivity contribution in [3.63, 3.8) is 0 Å². The van der Waals surface area contributed by atoms with Crippen LogP contribution in [-0.2, 0) is 33.3 Å². The van der Waals surface area contributed by atoms with Gasteiger partial charge in [-0.2, -0.15) is 0 Å². The van der Waals surface area contributed by atoms with Gasteiger partial charge in [0.25, 0.3) is 0 Å².